The van der Waals surface area contributed by atoms with E-state index in [9.17, 15) is 4.79 Å². The Morgan fingerprint density at radius 2 is 2.14 bits per heavy atom. The van der Waals surface area contributed by atoms with Gasteiger partial charge in [0.25, 0.3) is 0 Å². The Morgan fingerprint density at radius 1 is 1.48 bits per heavy atom. The number of hydrogen-bond acceptors (Lipinski definition) is 6. The fourth-order valence-corrected chi connectivity index (χ4v) is 2.39. The van der Waals surface area contributed by atoms with Gasteiger partial charge in [0.2, 0.25) is 0 Å². The van der Waals surface area contributed by atoms with Gasteiger partial charge in [-0.15, -0.1) is 0 Å². The minimum absolute atomic E-state index is 0.209. The smallest absolute Gasteiger partial charge is 0.409 e. The number of nitrogens with two attached hydrogens (primary N) is 1. The fourth-order valence-electron chi connectivity index (χ4n) is 2.24. The molecule has 1 aliphatic heterocycles. The maximum absolute atomic E-state index is 11.6. The first kappa shape index (κ1) is 15.4. The van der Waals surface area contributed by atoms with E-state index in [1.807, 2.05) is 0 Å². The molecular weight excluding hydrogens is 290 g/mol. The number of aromatic nitrogens is 2. The van der Waals surface area contributed by atoms with Crippen molar-refractivity contribution >= 4 is 29.1 Å². The molecule has 0 saturated carbocycles. The number of carbonyl (C=O) groups is 1. The van der Waals surface area contributed by atoms with E-state index < -0.39 is 0 Å². The first-order chi connectivity index (χ1) is 10.1. The molecule has 0 radical (unpaired) electrons. The van der Waals surface area contributed by atoms with Crippen LogP contribution < -0.4 is 11.1 Å². The summed E-state index contributed by atoms with van der Waals surface area (Å²) in [5.74, 6) is 0.597. The van der Waals surface area contributed by atoms with Crippen LogP contribution in [0.15, 0.2) is 12.4 Å². The van der Waals surface area contributed by atoms with Crippen LogP contribution >= 0.6 is 12.2 Å². The second-order valence-corrected chi connectivity index (χ2v) is 5.16. The van der Waals surface area contributed by atoms with Gasteiger partial charge in [-0.25, -0.2) is 14.8 Å². The lowest BCUT2D eigenvalue weighted by Crippen LogP contribution is -2.43. The zero-order chi connectivity index (χ0) is 15.2. The molecule has 0 aliphatic carbocycles. The minimum atomic E-state index is -0.251. The summed E-state index contributed by atoms with van der Waals surface area (Å²) in [5.41, 5.74) is 6.13. The Balaban J connectivity index is 1.92. The lowest BCUT2D eigenvalue weighted by Gasteiger charge is -2.32. The maximum atomic E-state index is 11.6. The summed E-state index contributed by atoms with van der Waals surface area (Å²) in [6, 6.07) is 0.209. The van der Waals surface area contributed by atoms with Crippen LogP contribution in [0.3, 0.4) is 0 Å². The van der Waals surface area contributed by atoms with Crippen LogP contribution in [0.1, 0.15) is 25.5 Å². The highest BCUT2D eigenvalue weighted by Gasteiger charge is 2.24. The zero-order valence-electron chi connectivity index (χ0n) is 11.9. The first-order valence-electron chi connectivity index (χ1n) is 6.91. The molecule has 8 heteroatoms. The minimum Gasteiger partial charge on any atom is -0.450 e. The van der Waals surface area contributed by atoms with Gasteiger partial charge >= 0.3 is 6.09 Å². The van der Waals surface area contributed by atoms with Gasteiger partial charge < -0.3 is 20.7 Å². The van der Waals surface area contributed by atoms with Crippen LogP contribution in [0.25, 0.3) is 0 Å². The maximum Gasteiger partial charge on any atom is 0.409 e. The quantitative estimate of drug-likeness (QED) is 0.806. The molecule has 1 saturated heterocycles. The van der Waals surface area contributed by atoms with Gasteiger partial charge in [0.15, 0.2) is 5.82 Å². The number of ether oxygens (including phenoxy) is 1. The Bertz CT molecular complexity index is 517. The highest BCUT2D eigenvalue weighted by Crippen LogP contribution is 2.17. The number of likely N-dealkylation sites (tertiary alicyclic amines) is 1. The van der Waals surface area contributed by atoms with Crippen molar-refractivity contribution in [3.05, 3.63) is 18.1 Å². The number of piperidine rings is 1. The molecule has 1 aromatic heterocycles. The third-order valence-corrected chi connectivity index (χ3v) is 3.49. The summed E-state index contributed by atoms with van der Waals surface area (Å²) in [5, 5.41) is 3.30. The molecule has 1 fully saturated rings. The third-order valence-electron chi connectivity index (χ3n) is 3.29. The van der Waals surface area contributed by atoms with Crippen molar-refractivity contribution in [1.29, 1.82) is 0 Å². The average Bonchev–Trinajstić information content (AvgIpc) is 2.48. The summed E-state index contributed by atoms with van der Waals surface area (Å²) in [4.78, 5) is 21.9. The summed E-state index contributed by atoms with van der Waals surface area (Å²) in [7, 11) is 0. The van der Waals surface area contributed by atoms with Gasteiger partial charge in [0.05, 0.1) is 6.61 Å². The first-order valence-corrected chi connectivity index (χ1v) is 7.31. The second kappa shape index (κ2) is 7.16. The molecule has 2 rings (SSSR count). The van der Waals surface area contributed by atoms with Crippen molar-refractivity contribution in [1.82, 2.24) is 14.9 Å². The van der Waals surface area contributed by atoms with Crippen LogP contribution in [0, 0.1) is 0 Å². The normalized spacial score (nSPS) is 15.6. The monoisotopic (exact) mass is 309 g/mol. The standard InChI is InChI=1S/C13H19N5O2S/c1-2-20-13(19)18-7-3-9(4-8-18)17-12-10(11(14)21)15-5-6-16-12/h5-6,9H,2-4,7-8H2,1H3,(H2,14,21)(H,16,17). The van der Waals surface area contributed by atoms with E-state index >= 15 is 0 Å². The van der Waals surface area contributed by atoms with E-state index in [1.54, 1.807) is 24.2 Å². The van der Waals surface area contributed by atoms with Gasteiger partial charge in [0.1, 0.15) is 10.7 Å². The van der Waals surface area contributed by atoms with E-state index in [0.29, 0.717) is 31.2 Å². The van der Waals surface area contributed by atoms with E-state index in [4.69, 9.17) is 22.7 Å². The summed E-state index contributed by atoms with van der Waals surface area (Å²) < 4.78 is 5.00. The van der Waals surface area contributed by atoms with Crippen molar-refractivity contribution < 1.29 is 9.53 Å². The lowest BCUT2D eigenvalue weighted by molar-refractivity contribution is 0.0983. The van der Waals surface area contributed by atoms with Crippen LogP contribution in [-0.4, -0.2) is 51.7 Å². The second-order valence-electron chi connectivity index (χ2n) is 4.72. The summed E-state index contributed by atoms with van der Waals surface area (Å²) in [6.07, 6.45) is 4.53. The third kappa shape index (κ3) is 4.01. The SMILES string of the molecule is CCOC(=O)N1CCC(Nc2nccnc2C(N)=S)CC1. The number of nitrogens with zero attached hydrogens (tertiary/aromatic N) is 3. The number of nitrogens with one attached hydrogen (secondary N) is 1. The van der Waals surface area contributed by atoms with Crippen LogP contribution in [0.4, 0.5) is 10.6 Å². The molecule has 0 aromatic carbocycles. The molecule has 1 aliphatic rings. The Kier molecular flexibility index (Phi) is 5.26. The zero-order valence-corrected chi connectivity index (χ0v) is 12.7. The molecule has 7 nitrogen and oxygen atoms in total. The number of amides is 1. The molecule has 1 aromatic rings. The molecule has 21 heavy (non-hydrogen) atoms. The van der Waals surface area contributed by atoms with Crippen molar-refractivity contribution in [2.45, 2.75) is 25.8 Å². The van der Waals surface area contributed by atoms with Crippen molar-refractivity contribution in [3.63, 3.8) is 0 Å². The molecule has 0 unspecified atom stereocenters. The fraction of sp³-hybridized carbons (Fsp3) is 0.538. The van der Waals surface area contributed by atoms with E-state index in [0.717, 1.165) is 12.8 Å². The molecule has 0 spiro atoms. The van der Waals surface area contributed by atoms with Gasteiger partial charge in [-0.2, -0.15) is 0 Å². The van der Waals surface area contributed by atoms with Gasteiger partial charge in [-0.05, 0) is 19.8 Å². The highest BCUT2D eigenvalue weighted by molar-refractivity contribution is 7.80. The Labute approximate surface area is 128 Å². The molecule has 0 atom stereocenters. The van der Waals surface area contributed by atoms with E-state index in [2.05, 4.69) is 15.3 Å². The summed E-state index contributed by atoms with van der Waals surface area (Å²) >= 11 is 4.97. The van der Waals surface area contributed by atoms with Crippen molar-refractivity contribution in [2.24, 2.45) is 5.73 Å². The topological polar surface area (TPSA) is 93.4 Å². The molecule has 0 bridgehead atoms. The van der Waals surface area contributed by atoms with E-state index in [-0.39, 0.29) is 17.1 Å². The van der Waals surface area contributed by atoms with Gasteiger partial charge in [-0.3, -0.25) is 0 Å². The number of carbonyl (C=O) groups excluding carboxylic acids is 1. The molecule has 3 N–H and O–H groups in total. The largest absolute Gasteiger partial charge is 0.450 e. The van der Waals surface area contributed by atoms with E-state index in [1.165, 1.54) is 0 Å². The molecule has 2 heterocycles. The van der Waals surface area contributed by atoms with Gasteiger partial charge in [-0.1, -0.05) is 12.2 Å². The highest BCUT2D eigenvalue weighted by atomic mass is 32.1. The predicted octanol–water partition coefficient (Wildman–Crippen LogP) is 1.14. The molecule has 1 amide bonds. The van der Waals surface area contributed by atoms with Crippen LogP contribution in [0.5, 0.6) is 0 Å². The van der Waals surface area contributed by atoms with Crippen LogP contribution in [-0.2, 0) is 4.74 Å². The number of hydrogen-bond donors (Lipinski definition) is 2. The molecule has 114 valence electrons. The molecular formula is C13H19N5O2S. The number of thiocarbonyl (C=S) groups is 1. The Morgan fingerprint density at radius 3 is 2.76 bits per heavy atom. The lowest BCUT2D eigenvalue weighted by atomic mass is 10.1. The van der Waals surface area contributed by atoms with Crippen molar-refractivity contribution in [2.75, 3.05) is 25.0 Å². The van der Waals surface area contributed by atoms with Crippen LogP contribution in [0.2, 0.25) is 0 Å². The van der Waals surface area contributed by atoms with Crippen molar-refractivity contribution in [3.8, 4) is 0 Å². The van der Waals surface area contributed by atoms with Gasteiger partial charge in [0, 0.05) is 31.5 Å². The number of anilines is 1. The average molecular weight is 309 g/mol. The summed E-state index contributed by atoms with van der Waals surface area (Å²) in [6.45, 7) is 3.50. The number of rotatable bonds is 4. The predicted molar refractivity (Wildman–Crippen MR) is 83.2 cm³/mol. The Hall–Kier alpha value is -1.96.